The van der Waals surface area contributed by atoms with Crippen LogP contribution >= 0.6 is 0 Å². The van der Waals surface area contributed by atoms with E-state index in [-0.39, 0.29) is 11.9 Å². The minimum absolute atomic E-state index is 0.0454. The Morgan fingerprint density at radius 1 is 1.21 bits per heavy atom. The molecule has 0 spiro atoms. The molecule has 1 unspecified atom stereocenters. The predicted octanol–water partition coefficient (Wildman–Crippen LogP) is 1.26. The Morgan fingerprint density at radius 2 is 1.95 bits per heavy atom. The molecule has 6 nitrogen and oxygen atoms in total. The van der Waals surface area contributed by atoms with Crippen molar-refractivity contribution >= 4 is 23.3 Å². The maximum Gasteiger partial charge on any atom is 0.316 e. The molecular weight excluding hydrogens is 244 g/mol. The van der Waals surface area contributed by atoms with Crippen LogP contribution in [0.2, 0.25) is 0 Å². The summed E-state index contributed by atoms with van der Waals surface area (Å²) >= 11 is 0. The van der Waals surface area contributed by atoms with E-state index in [0.29, 0.717) is 11.4 Å². The Bertz CT molecular complexity index is 469. The number of nitrogens with two attached hydrogens (primary N) is 1. The van der Waals surface area contributed by atoms with Gasteiger partial charge in [0, 0.05) is 11.4 Å². The number of carbonyl (C=O) groups is 2. The van der Waals surface area contributed by atoms with E-state index in [0.717, 1.165) is 25.8 Å². The molecule has 0 aliphatic carbocycles. The summed E-state index contributed by atoms with van der Waals surface area (Å²) < 4.78 is 0. The quantitative estimate of drug-likeness (QED) is 0.660. The molecule has 1 aliphatic heterocycles. The summed E-state index contributed by atoms with van der Waals surface area (Å²) in [5.41, 5.74) is 6.24. The number of hydrogen-bond donors (Lipinski definition) is 4. The van der Waals surface area contributed by atoms with Crippen LogP contribution in [0.4, 0.5) is 16.2 Å². The van der Waals surface area contributed by atoms with Gasteiger partial charge < -0.3 is 21.7 Å². The normalized spacial score (nSPS) is 18.6. The highest BCUT2D eigenvalue weighted by Crippen LogP contribution is 2.16. The second-order valence-electron chi connectivity index (χ2n) is 4.56. The summed E-state index contributed by atoms with van der Waals surface area (Å²) in [6.45, 7) is 0.876. The predicted molar refractivity (Wildman–Crippen MR) is 73.9 cm³/mol. The first-order chi connectivity index (χ1) is 9.15. The Morgan fingerprint density at radius 3 is 2.58 bits per heavy atom. The molecule has 1 fully saturated rings. The lowest BCUT2D eigenvalue weighted by molar-refractivity contribution is -0.118. The lowest BCUT2D eigenvalue weighted by Crippen LogP contribution is -2.43. The molecule has 0 aromatic heterocycles. The van der Waals surface area contributed by atoms with Crippen molar-refractivity contribution in [2.75, 3.05) is 17.2 Å². The minimum atomic E-state index is -0.627. The van der Waals surface area contributed by atoms with Gasteiger partial charge in [0.2, 0.25) is 5.91 Å². The van der Waals surface area contributed by atoms with Crippen molar-refractivity contribution in [3.05, 3.63) is 24.3 Å². The van der Waals surface area contributed by atoms with Crippen molar-refractivity contribution in [1.82, 2.24) is 5.32 Å². The third kappa shape index (κ3) is 3.96. The maximum absolute atomic E-state index is 12.0. The summed E-state index contributed by atoms with van der Waals surface area (Å²) in [6, 6.07) is 6.13. The highest BCUT2D eigenvalue weighted by molar-refractivity contribution is 5.96. The average molecular weight is 262 g/mol. The van der Waals surface area contributed by atoms with E-state index in [1.165, 1.54) is 0 Å². The van der Waals surface area contributed by atoms with Crippen molar-refractivity contribution < 1.29 is 9.59 Å². The fraction of sp³-hybridized carbons (Fsp3) is 0.385. The van der Waals surface area contributed by atoms with Gasteiger partial charge in [0.25, 0.3) is 0 Å². The van der Waals surface area contributed by atoms with Crippen molar-refractivity contribution in [3.8, 4) is 0 Å². The minimum Gasteiger partial charge on any atom is -0.351 e. The zero-order valence-corrected chi connectivity index (χ0v) is 10.6. The highest BCUT2D eigenvalue weighted by Gasteiger charge is 2.20. The second-order valence-corrected chi connectivity index (χ2v) is 4.56. The standard InChI is InChI=1S/C13H18N4O2/c14-13(19)17-10-5-3-4-9(8-10)16-12(18)11-6-1-2-7-15-11/h3-5,8,11,15H,1-2,6-7H2,(H,16,18)(H3,14,17,19). The van der Waals surface area contributed by atoms with E-state index >= 15 is 0 Å². The van der Waals surface area contributed by atoms with Crippen LogP contribution in [0.25, 0.3) is 0 Å². The van der Waals surface area contributed by atoms with Crippen LogP contribution in [0.3, 0.4) is 0 Å². The first-order valence-electron chi connectivity index (χ1n) is 6.36. The smallest absolute Gasteiger partial charge is 0.316 e. The molecule has 6 heteroatoms. The summed E-state index contributed by atoms with van der Waals surface area (Å²) in [5, 5.41) is 8.49. The number of nitrogens with one attached hydrogen (secondary N) is 3. The van der Waals surface area contributed by atoms with E-state index in [4.69, 9.17) is 5.73 Å². The number of hydrogen-bond acceptors (Lipinski definition) is 3. The molecule has 1 aromatic carbocycles. The number of carbonyl (C=O) groups excluding carboxylic acids is 2. The number of rotatable bonds is 3. The Labute approximate surface area is 111 Å². The number of piperidine rings is 1. The average Bonchev–Trinajstić information content (AvgIpc) is 2.39. The van der Waals surface area contributed by atoms with Gasteiger partial charge in [-0.15, -0.1) is 0 Å². The van der Waals surface area contributed by atoms with Gasteiger partial charge in [-0.3, -0.25) is 4.79 Å². The highest BCUT2D eigenvalue weighted by atomic mass is 16.2. The largest absolute Gasteiger partial charge is 0.351 e. The van der Waals surface area contributed by atoms with E-state index in [1.54, 1.807) is 24.3 Å². The van der Waals surface area contributed by atoms with Gasteiger partial charge in [-0.1, -0.05) is 12.5 Å². The molecule has 19 heavy (non-hydrogen) atoms. The van der Waals surface area contributed by atoms with Gasteiger partial charge >= 0.3 is 6.03 Å². The lowest BCUT2D eigenvalue weighted by atomic mass is 10.0. The first-order valence-corrected chi connectivity index (χ1v) is 6.36. The first kappa shape index (κ1) is 13.4. The molecule has 2 rings (SSSR count). The molecular formula is C13H18N4O2. The monoisotopic (exact) mass is 262 g/mol. The Kier molecular flexibility index (Phi) is 4.35. The molecule has 1 aromatic rings. The number of amides is 3. The molecule has 3 amide bonds. The van der Waals surface area contributed by atoms with E-state index in [9.17, 15) is 9.59 Å². The van der Waals surface area contributed by atoms with Crippen LogP contribution in [0.5, 0.6) is 0 Å². The van der Waals surface area contributed by atoms with E-state index in [1.807, 2.05) is 0 Å². The molecule has 1 saturated heterocycles. The van der Waals surface area contributed by atoms with Crippen molar-refractivity contribution in [1.29, 1.82) is 0 Å². The van der Waals surface area contributed by atoms with Crippen LogP contribution in [0.15, 0.2) is 24.3 Å². The van der Waals surface area contributed by atoms with Crippen LogP contribution in [0, 0.1) is 0 Å². The van der Waals surface area contributed by atoms with Crippen LogP contribution in [-0.2, 0) is 4.79 Å². The van der Waals surface area contributed by atoms with Crippen molar-refractivity contribution in [2.45, 2.75) is 25.3 Å². The zero-order chi connectivity index (χ0) is 13.7. The maximum atomic E-state index is 12.0. The second kappa shape index (κ2) is 6.19. The Balaban J connectivity index is 1.97. The van der Waals surface area contributed by atoms with Crippen molar-refractivity contribution in [3.63, 3.8) is 0 Å². The molecule has 1 aliphatic rings. The van der Waals surface area contributed by atoms with Gasteiger partial charge in [-0.2, -0.15) is 0 Å². The SMILES string of the molecule is NC(=O)Nc1cccc(NC(=O)C2CCCCN2)c1. The molecule has 1 atom stereocenters. The summed E-state index contributed by atoms with van der Waals surface area (Å²) in [5.74, 6) is -0.0454. The third-order valence-corrected chi connectivity index (χ3v) is 3.02. The number of anilines is 2. The van der Waals surface area contributed by atoms with Crippen molar-refractivity contribution in [2.24, 2.45) is 5.73 Å². The molecule has 102 valence electrons. The Hall–Kier alpha value is -2.08. The summed E-state index contributed by atoms with van der Waals surface area (Å²) in [7, 11) is 0. The molecule has 1 heterocycles. The summed E-state index contributed by atoms with van der Waals surface area (Å²) in [6.07, 6.45) is 3.03. The molecule has 0 saturated carbocycles. The lowest BCUT2D eigenvalue weighted by Gasteiger charge is -2.22. The number of primary amides is 1. The molecule has 0 radical (unpaired) electrons. The molecule has 5 N–H and O–H groups in total. The third-order valence-electron chi connectivity index (χ3n) is 3.02. The van der Waals surface area contributed by atoms with Crippen LogP contribution in [-0.4, -0.2) is 24.5 Å². The number of benzene rings is 1. The van der Waals surface area contributed by atoms with Crippen LogP contribution < -0.4 is 21.7 Å². The van der Waals surface area contributed by atoms with Gasteiger partial charge in [0.1, 0.15) is 0 Å². The number of urea groups is 1. The van der Waals surface area contributed by atoms with Gasteiger partial charge in [-0.25, -0.2) is 4.79 Å². The zero-order valence-electron chi connectivity index (χ0n) is 10.6. The van der Waals surface area contributed by atoms with Gasteiger partial charge in [0.15, 0.2) is 0 Å². The topological polar surface area (TPSA) is 96.2 Å². The fourth-order valence-corrected chi connectivity index (χ4v) is 2.12. The molecule has 0 bridgehead atoms. The fourth-order valence-electron chi connectivity index (χ4n) is 2.12. The van der Waals surface area contributed by atoms with E-state index in [2.05, 4.69) is 16.0 Å². The van der Waals surface area contributed by atoms with Gasteiger partial charge in [-0.05, 0) is 37.6 Å². The van der Waals surface area contributed by atoms with Crippen LogP contribution in [0.1, 0.15) is 19.3 Å². The van der Waals surface area contributed by atoms with Gasteiger partial charge in [0.05, 0.1) is 6.04 Å². The van der Waals surface area contributed by atoms with E-state index < -0.39 is 6.03 Å². The summed E-state index contributed by atoms with van der Waals surface area (Å²) in [4.78, 5) is 22.8.